The number of alkyl halides is 1. The molecule has 0 aliphatic rings. The van der Waals surface area contributed by atoms with Crippen LogP contribution in [0.25, 0.3) is 0 Å². The quantitative estimate of drug-likeness (QED) is 0.245. The van der Waals surface area contributed by atoms with Crippen LogP contribution in [-0.2, 0) is 4.79 Å². The molecule has 22 heavy (non-hydrogen) atoms. The molecule has 2 nitrogen and oxygen atoms in total. The number of carbonyl (C=O) groups excluding carboxylic acids is 1. The summed E-state index contributed by atoms with van der Waals surface area (Å²) in [5.41, 5.74) is 0. The van der Waals surface area contributed by atoms with Crippen LogP contribution >= 0.6 is 11.6 Å². The topological polar surface area (TPSA) is 40.1 Å². The van der Waals surface area contributed by atoms with Gasteiger partial charge < -0.3 is 9.90 Å². The maximum atomic E-state index is 10.4. The van der Waals surface area contributed by atoms with Gasteiger partial charge in [-0.1, -0.05) is 96.8 Å². The third kappa shape index (κ3) is 18.8. The molecular weight excluding hydrogens is 307 g/mol. The summed E-state index contributed by atoms with van der Waals surface area (Å²) in [6, 6.07) is 0. The Labute approximate surface area is 165 Å². The molecule has 1 atom stereocenters. The largest absolute Gasteiger partial charge is 1.00 e. The van der Waals surface area contributed by atoms with Crippen molar-refractivity contribution in [2.75, 3.05) is 0 Å². The van der Waals surface area contributed by atoms with Crippen LogP contribution in [-0.4, -0.2) is 11.3 Å². The average Bonchev–Trinajstić information content (AvgIpc) is 2.47. The van der Waals surface area contributed by atoms with Crippen molar-refractivity contribution in [3.63, 3.8) is 0 Å². The second kappa shape index (κ2) is 19.8. The molecule has 0 bridgehead atoms. The van der Waals surface area contributed by atoms with Crippen LogP contribution in [0.4, 0.5) is 0 Å². The van der Waals surface area contributed by atoms with Crippen LogP contribution in [0, 0.1) is 0 Å². The van der Waals surface area contributed by atoms with Gasteiger partial charge in [-0.25, -0.2) is 0 Å². The van der Waals surface area contributed by atoms with E-state index in [-0.39, 0.29) is 29.6 Å². The molecule has 0 aliphatic carbocycles. The minimum absolute atomic E-state index is 0. The number of rotatable bonds is 16. The first kappa shape index (κ1) is 25.0. The van der Waals surface area contributed by atoms with Gasteiger partial charge in [0, 0.05) is 0 Å². The van der Waals surface area contributed by atoms with Gasteiger partial charge in [0.15, 0.2) is 0 Å². The molecule has 126 valence electrons. The summed E-state index contributed by atoms with van der Waals surface area (Å²) in [4.78, 5) is 10.4. The Morgan fingerprint density at radius 1 is 0.773 bits per heavy atom. The van der Waals surface area contributed by atoms with Gasteiger partial charge in [-0.15, -0.1) is 11.6 Å². The van der Waals surface area contributed by atoms with Crippen LogP contribution in [0.3, 0.4) is 0 Å². The standard InChI is InChI=1S/C18H35ClO2.Na/c1-2-3-4-5-6-7-8-9-10-11-12-13-14-15-16-17(19)18(20)21;/h17H,2-16H2,1H3,(H,20,21);/q;+1/p-1. The van der Waals surface area contributed by atoms with Crippen LogP contribution < -0.4 is 34.7 Å². The molecule has 0 amide bonds. The molecule has 0 fully saturated rings. The summed E-state index contributed by atoms with van der Waals surface area (Å²) >= 11 is 5.60. The van der Waals surface area contributed by atoms with Crippen molar-refractivity contribution in [1.29, 1.82) is 0 Å². The first-order chi connectivity index (χ1) is 10.2. The first-order valence-corrected chi connectivity index (χ1v) is 9.47. The van der Waals surface area contributed by atoms with E-state index in [1.807, 2.05) is 0 Å². The van der Waals surface area contributed by atoms with Gasteiger partial charge in [0.25, 0.3) is 0 Å². The molecule has 1 unspecified atom stereocenters. The molecule has 0 aromatic rings. The Hall–Kier alpha value is 0.760. The molecule has 0 heterocycles. The van der Waals surface area contributed by atoms with Gasteiger partial charge in [-0.3, -0.25) is 0 Å². The molecule has 0 aliphatic heterocycles. The molecule has 4 heteroatoms. The zero-order valence-corrected chi connectivity index (χ0v) is 17.6. The molecule has 0 rings (SSSR count). The smallest absolute Gasteiger partial charge is 0.549 e. The predicted molar refractivity (Wildman–Crippen MR) is 89.6 cm³/mol. The normalized spacial score (nSPS) is 11.9. The Balaban J connectivity index is 0. The van der Waals surface area contributed by atoms with Crippen molar-refractivity contribution >= 4 is 17.6 Å². The Morgan fingerprint density at radius 2 is 1.09 bits per heavy atom. The molecule has 0 spiro atoms. The van der Waals surface area contributed by atoms with E-state index in [0.717, 1.165) is 12.8 Å². The second-order valence-electron chi connectivity index (χ2n) is 6.17. The number of carbonyl (C=O) groups is 1. The number of carboxylic acids is 1. The van der Waals surface area contributed by atoms with Crippen molar-refractivity contribution in [3.05, 3.63) is 0 Å². The second-order valence-corrected chi connectivity index (χ2v) is 6.70. The van der Waals surface area contributed by atoms with Crippen LogP contribution in [0.15, 0.2) is 0 Å². The summed E-state index contributed by atoms with van der Waals surface area (Å²) in [5.74, 6) is -1.13. The molecule has 0 radical (unpaired) electrons. The number of hydrogen-bond acceptors (Lipinski definition) is 2. The number of hydrogen-bond donors (Lipinski definition) is 0. The zero-order chi connectivity index (χ0) is 15.8. The average molecular weight is 341 g/mol. The Morgan fingerprint density at radius 3 is 1.41 bits per heavy atom. The fourth-order valence-corrected chi connectivity index (χ4v) is 2.79. The van der Waals surface area contributed by atoms with Crippen molar-refractivity contribution in [1.82, 2.24) is 0 Å². The van der Waals surface area contributed by atoms with E-state index >= 15 is 0 Å². The molecule has 0 aromatic heterocycles. The number of unbranched alkanes of at least 4 members (excludes halogenated alkanes) is 13. The van der Waals surface area contributed by atoms with Crippen LogP contribution in [0.2, 0.25) is 0 Å². The van der Waals surface area contributed by atoms with Crippen LogP contribution in [0.1, 0.15) is 103 Å². The molecule has 0 aromatic carbocycles. The Kier molecular flexibility index (Phi) is 22.5. The van der Waals surface area contributed by atoms with E-state index in [9.17, 15) is 9.90 Å². The van der Waals surface area contributed by atoms with Gasteiger partial charge in [-0.2, -0.15) is 0 Å². The van der Waals surface area contributed by atoms with Crippen molar-refractivity contribution in [2.24, 2.45) is 0 Å². The minimum Gasteiger partial charge on any atom is -0.549 e. The fourth-order valence-electron chi connectivity index (χ4n) is 2.64. The number of carboxylic acid groups (broad SMARTS) is 1. The SMILES string of the molecule is CCCCCCCCCCCCCCCCC(Cl)C(=O)[O-].[Na+]. The predicted octanol–water partition coefficient (Wildman–Crippen LogP) is 2.22. The summed E-state index contributed by atoms with van der Waals surface area (Å²) in [6.45, 7) is 2.26. The Bertz CT molecular complexity index is 237. The van der Waals surface area contributed by atoms with E-state index in [2.05, 4.69) is 6.92 Å². The third-order valence-corrected chi connectivity index (χ3v) is 4.46. The summed E-state index contributed by atoms with van der Waals surface area (Å²) in [7, 11) is 0. The summed E-state index contributed by atoms with van der Waals surface area (Å²) in [5, 5.41) is 9.62. The van der Waals surface area contributed by atoms with E-state index in [0.29, 0.717) is 6.42 Å². The van der Waals surface area contributed by atoms with Crippen molar-refractivity contribution < 1.29 is 39.5 Å². The zero-order valence-electron chi connectivity index (χ0n) is 14.9. The molecule has 0 saturated carbocycles. The van der Waals surface area contributed by atoms with Gasteiger partial charge in [-0.05, 0) is 6.42 Å². The van der Waals surface area contributed by atoms with Crippen molar-refractivity contribution in [2.45, 2.75) is 109 Å². The molecule has 0 saturated heterocycles. The third-order valence-electron chi connectivity index (χ3n) is 4.07. The van der Waals surface area contributed by atoms with Gasteiger partial charge >= 0.3 is 29.6 Å². The van der Waals surface area contributed by atoms with Gasteiger partial charge in [0.1, 0.15) is 0 Å². The molecule has 0 N–H and O–H groups in total. The van der Waals surface area contributed by atoms with Gasteiger partial charge in [0.05, 0.1) is 11.3 Å². The number of halogens is 1. The van der Waals surface area contributed by atoms with Crippen molar-refractivity contribution in [3.8, 4) is 0 Å². The van der Waals surface area contributed by atoms with Gasteiger partial charge in [0.2, 0.25) is 0 Å². The van der Waals surface area contributed by atoms with E-state index < -0.39 is 11.3 Å². The maximum absolute atomic E-state index is 10.4. The van der Waals surface area contributed by atoms with E-state index in [4.69, 9.17) is 11.6 Å². The van der Waals surface area contributed by atoms with E-state index in [1.54, 1.807) is 0 Å². The number of aliphatic carboxylic acids is 1. The summed E-state index contributed by atoms with van der Waals surface area (Å²) in [6.07, 6.45) is 18.8. The van der Waals surface area contributed by atoms with E-state index in [1.165, 1.54) is 77.0 Å². The minimum atomic E-state index is -1.13. The monoisotopic (exact) mass is 340 g/mol. The van der Waals surface area contributed by atoms with Crippen LogP contribution in [0.5, 0.6) is 0 Å². The maximum Gasteiger partial charge on any atom is 1.00 e. The fraction of sp³-hybridized carbons (Fsp3) is 0.944. The first-order valence-electron chi connectivity index (χ1n) is 9.03. The molecular formula is C18H34ClNaO2. The summed E-state index contributed by atoms with van der Waals surface area (Å²) < 4.78 is 0.